The van der Waals surface area contributed by atoms with E-state index in [-0.39, 0.29) is 98.1 Å². The van der Waals surface area contributed by atoms with Crippen LogP contribution in [-0.2, 0) is 126 Å². The van der Waals surface area contributed by atoms with Gasteiger partial charge in [-0.1, -0.05) is 262 Å². The van der Waals surface area contributed by atoms with Gasteiger partial charge in [-0.3, -0.25) is 9.97 Å². The Hall–Kier alpha value is -6.73. The van der Waals surface area contributed by atoms with Gasteiger partial charge in [0.1, 0.15) is 38.2 Å². The molecular formula is C93H109N6Y3-3. The minimum Gasteiger partial charge on any atom is -0.321 e. The molecule has 15 rings (SSSR count). The van der Waals surface area contributed by atoms with E-state index in [9.17, 15) is 0 Å². The van der Waals surface area contributed by atoms with Crippen molar-refractivity contribution in [1.82, 2.24) is 15.0 Å². The van der Waals surface area contributed by atoms with Crippen LogP contribution in [0.5, 0.6) is 0 Å². The summed E-state index contributed by atoms with van der Waals surface area (Å²) in [6.07, 6.45) is 18.7. The second-order valence-electron chi connectivity index (χ2n) is 20.8. The Morgan fingerprint density at radius 1 is 0.373 bits per heavy atom. The van der Waals surface area contributed by atoms with Crippen molar-refractivity contribution in [2.45, 2.75) is 152 Å². The summed E-state index contributed by atoms with van der Waals surface area (Å²) in [5.41, 5.74) is 23.2. The largest absolute Gasteiger partial charge is 0.321 e. The van der Waals surface area contributed by atoms with Crippen LogP contribution in [0, 0.1) is 57.2 Å². The van der Waals surface area contributed by atoms with Crippen LogP contribution in [0.3, 0.4) is 0 Å². The molecule has 9 heteroatoms. The summed E-state index contributed by atoms with van der Waals surface area (Å²) < 4.78 is 6.39. The quantitative estimate of drug-likeness (QED) is 0.0947. The van der Waals surface area contributed by atoms with E-state index in [1.54, 1.807) is 0 Å². The predicted molar refractivity (Wildman–Crippen MR) is 428 cm³/mol. The van der Waals surface area contributed by atoms with Crippen molar-refractivity contribution < 1.29 is 112 Å². The normalized spacial score (nSPS) is 10.1. The molecule has 523 valence electrons. The fourth-order valence-electron chi connectivity index (χ4n) is 11.3. The zero-order valence-corrected chi connectivity index (χ0v) is 74.3. The fourth-order valence-corrected chi connectivity index (χ4v) is 11.3. The molecule has 0 amide bonds. The number of benzene rings is 7. The third kappa shape index (κ3) is 22.6. The van der Waals surface area contributed by atoms with Gasteiger partial charge in [0.2, 0.25) is 0 Å². The SMILES string of the molecule is CC.CC.CC.CC.CC.CC.CC.CC.CC.Cc1ccc(-c2[c-]c3cccc4c3c(n2)CC=C4)[c-]c1-c1cccc[n+]1C.Cc1ccc(-c2[c-]c3cccnc3c3ccccc23)[c-]c1-c1cccc[n+]1C.Cc1ccc(C2=[C-]c3ccnc4cccc2c34)[c-]c1-c1cccc[n+]1C.[Y].[Y].[Y]. The molecule has 6 aromatic heterocycles. The summed E-state index contributed by atoms with van der Waals surface area (Å²) in [5, 5.41) is 6.86. The van der Waals surface area contributed by atoms with Gasteiger partial charge in [0.25, 0.3) is 0 Å². The summed E-state index contributed by atoms with van der Waals surface area (Å²) >= 11 is 0. The van der Waals surface area contributed by atoms with E-state index in [4.69, 9.17) is 4.98 Å². The topological polar surface area (TPSA) is 50.3 Å². The van der Waals surface area contributed by atoms with Gasteiger partial charge >= 0.3 is 0 Å². The molecule has 0 N–H and O–H groups in total. The minimum absolute atomic E-state index is 0. The zero-order valence-electron chi connectivity index (χ0n) is 65.8. The molecule has 6 nitrogen and oxygen atoms in total. The number of rotatable bonds is 6. The van der Waals surface area contributed by atoms with Crippen LogP contribution in [-0.4, -0.2) is 15.0 Å². The van der Waals surface area contributed by atoms with Gasteiger partial charge < -0.3 is 4.98 Å². The van der Waals surface area contributed by atoms with E-state index >= 15 is 0 Å². The molecule has 0 saturated carbocycles. The molecular weight excluding hydrogens is 1470 g/mol. The van der Waals surface area contributed by atoms with E-state index in [0.717, 1.165) is 118 Å². The minimum atomic E-state index is 0. The number of allylic oxidation sites excluding steroid dienone is 1. The average molecular weight is 1580 g/mol. The molecule has 0 fully saturated rings. The monoisotopic (exact) mass is 1580 g/mol. The third-order valence-electron chi connectivity index (χ3n) is 15.5. The van der Waals surface area contributed by atoms with Gasteiger partial charge in [-0.05, 0) is 36.9 Å². The first kappa shape index (κ1) is 93.3. The second kappa shape index (κ2) is 49.8. The van der Waals surface area contributed by atoms with Gasteiger partial charge in [-0.15, -0.1) is 92.5 Å². The Labute approximate surface area is 691 Å². The van der Waals surface area contributed by atoms with E-state index in [2.05, 4.69) is 272 Å². The van der Waals surface area contributed by atoms with Crippen molar-refractivity contribution in [3.05, 3.63) is 288 Å². The van der Waals surface area contributed by atoms with Gasteiger partial charge in [-0.25, -0.2) is 13.7 Å². The van der Waals surface area contributed by atoms with Gasteiger partial charge in [-0.2, -0.15) is 82.4 Å². The Bertz CT molecular complexity index is 4720. The number of aromatic nitrogens is 6. The van der Waals surface area contributed by atoms with Crippen molar-refractivity contribution in [3.8, 4) is 56.2 Å². The standard InChI is InChI=1S/C26H19N2.C25H19N2.C24H17N2.9C2H6.3Y/c1-18-12-13-19(16-23(18)25-11-5-6-15-28(25)2)24-17-20-8-7-14-27-26(20)22-10-4-3-9-21(22)24;1-17-12-13-19(15-21(17)24-11-3-4-14-27(24)2)23-16-20-9-5-7-18-8-6-10-22(26-23)25(18)20;1-16-9-10-17(14-20(16)23-8-3-4-13-26(23)2)21-15-18-11-12-25-22-7-5-6-19(21)24(18)22;9*1-2;;;/h3-15H,1-2H3;3-9,11-14H,10H2,1-2H3;3-13H,1-2H3;9*1-2H3;;;/q3*-1;;;;;;;;;;;;. The van der Waals surface area contributed by atoms with Crippen molar-refractivity contribution >= 4 is 55.0 Å². The molecule has 13 aromatic rings. The molecule has 0 aliphatic heterocycles. The molecule has 0 saturated heterocycles. The first-order valence-corrected chi connectivity index (χ1v) is 36.3. The Morgan fingerprint density at radius 3 is 1.38 bits per heavy atom. The van der Waals surface area contributed by atoms with Crippen LogP contribution < -0.4 is 13.7 Å². The summed E-state index contributed by atoms with van der Waals surface area (Å²) in [6.45, 7) is 42.4. The number of hydrogen-bond acceptors (Lipinski definition) is 3. The van der Waals surface area contributed by atoms with Crippen LogP contribution in [0.2, 0.25) is 0 Å². The zero-order chi connectivity index (χ0) is 73.1. The molecule has 0 unspecified atom stereocenters. The van der Waals surface area contributed by atoms with Gasteiger partial charge in [0.15, 0.2) is 18.6 Å². The van der Waals surface area contributed by atoms with Gasteiger partial charge in [0.05, 0.1) is 0 Å². The molecule has 2 aliphatic carbocycles. The van der Waals surface area contributed by atoms with Crippen molar-refractivity contribution in [2.24, 2.45) is 21.1 Å². The Morgan fingerprint density at radius 2 is 0.843 bits per heavy atom. The summed E-state index contributed by atoms with van der Waals surface area (Å²) in [6, 6.07) is 76.7. The molecule has 2 aliphatic rings. The second-order valence-corrected chi connectivity index (χ2v) is 20.8. The molecule has 7 aromatic carbocycles. The van der Waals surface area contributed by atoms with E-state index in [0.29, 0.717) is 0 Å². The number of pyridine rings is 6. The summed E-state index contributed by atoms with van der Waals surface area (Å²) in [5.74, 6) is 0. The van der Waals surface area contributed by atoms with Crippen LogP contribution in [0.15, 0.2) is 207 Å². The van der Waals surface area contributed by atoms with Crippen molar-refractivity contribution in [3.63, 3.8) is 0 Å². The van der Waals surface area contributed by atoms with E-state index in [1.165, 1.54) is 38.6 Å². The maximum atomic E-state index is 4.94. The molecule has 0 bridgehead atoms. The summed E-state index contributed by atoms with van der Waals surface area (Å²) in [7, 11) is 6.20. The predicted octanol–water partition coefficient (Wildman–Crippen LogP) is 24.0. The average Bonchev–Trinajstić information content (AvgIpc) is 1.18. The smallest absolute Gasteiger partial charge is 0.161 e. The summed E-state index contributed by atoms with van der Waals surface area (Å²) in [4.78, 5) is 14.0. The maximum Gasteiger partial charge on any atom is 0.161 e. The first-order valence-electron chi connectivity index (χ1n) is 36.3. The van der Waals surface area contributed by atoms with Crippen molar-refractivity contribution in [1.29, 1.82) is 0 Å². The maximum absolute atomic E-state index is 4.94. The van der Waals surface area contributed by atoms with Crippen LogP contribution in [0.4, 0.5) is 0 Å². The number of hydrogen-bond donors (Lipinski definition) is 0. The molecule has 102 heavy (non-hydrogen) atoms. The molecule has 3 radical (unpaired) electrons. The Kier molecular flexibility index (Phi) is 45.6. The fraction of sp³-hybridized carbons (Fsp3) is 0.269. The first-order chi connectivity index (χ1) is 48.6. The molecule has 6 heterocycles. The van der Waals surface area contributed by atoms with Crippen LogP contribution in [0.1, 0.15) is 169 Å². The molecule has 0 atom stereocenters. The van der Waals surface area contributed by atoms with Gasteiger partial charge in [0, 0.05) is 139 Å². The Balaban J connectivity index is 0.000000679. The van der Waals surface area contributed by atoms with Crippen LogP contribution in [0.25, 0.3) is 111 Å². The van der Waals surface area contributed by atoms with Crippen LogP contribution >= 0.6 is 0 Å². The number of aryl methyl sites for hydroxylation is 6. The number of nitrogens with zero attached hydrogens (tertiary/aromatic N) is 6. The van der Waals surface area contributed by atoms with E-state index < -0.39 is 0 Å². The number of fused-ring (bicyclic) bond motifs is 3. The van der Waals surface area contributed by atoms with E-state index in [1.807, 2.05) is 167 Å². The third-order valence-corrected chi connectivity index (χ3v) is 15.5. The molecule has 0 spiro atoms. The van der Waals surface area contributed by atoms with Crippen molar-refractivity contribution in [2.75, 3.05) is 0 Å².